The van der Waals surface area contributed by atoms with E-state index in [9.17, 15) is 14.9 Å². The average Bonchev–Trinajstić information content (AvgIpc) is 2.77. The first kappa shape index (κ1) is 23.9. The van der Waals surface area contributed by atoms with Crippen LogP contribution in [-0.2, 0) is 0 Å². The Morgan fingerprint density at radius 2 is 2.09 bits per heavy atom. The Hall–Kier alpha value is -3.71. The predicted octanol–water partition coefficient (Wildman–Crippen LogP) is 4.48. The maximum Gasteiger partial charge on any atom is 0.315 e. The van der Waals surface area contributed by atoms with Crippen molar-refractivity contribution in [1.82, 2.24) is 9.66 Å². The molecular weight excluding hydrogens is 492 g/mol. The number of terminal acetylenes is 1. The summed E-state index contributed by atoms with van der Waals surface area (Å²) >= 11 is 3.37. The van der Waals surface area contributed by atoms with E-state index >= 15 is 0 Å². The zero-order chi connectivity index (χ0) is 24.1. The molecule has 1 heterocycles. The molecule has 0 N–H and O–H groups in total. The second-order valence-electron chi connectivity index (χ2n) is 7.20. The lowest BCUT2D eigenvalue weighted by Crippen LogP contribution is -2.23. The van der Waals surface area contributed by atoms with Crippen LogP contribution in [-0.4, -0.2) is 34.0 Å². The number of fused-ring (bicyclic) bond motifs is 1. The molecule has 0 aliphatic carbocycles. The first-order valence-electron chi connectivity index (χ1n) is 10.0. The molecule has 10 heteroatoms. The highest BCUT2D eigenvalue weighted by molar-refractivity contribution is 9.10. The summed E-state index contributed by atoms with van der Waals surface area (Å²) in [5, 5.41) is 16.4. The number of hydrogen-bond donors (Lipinski definition) is 0. The van der Waals surface area contributed by atoms with Crippen LogP contribution >= 0.6 is 15.9 Å². The number of aromatic nitrogens is 2. The number of ether oxygens (including phenoxy) is 2. The molecule has 0 saturated carbocycles. The molecular formula is C23H21BrN4O5. The number of nitrogens with zero attached hydrogens (tertiary/aromatic N) is 4. The van der Waals surface area contributed by atoms with Gasteiger partial charge in [0.15, 0.2) is 5.75 Å². The lowest BCUT2D eigenvalue weighted by atomic mass is 10.1. The Bertz CT molecular complexity index is 1340. The standard InChI is InChI=1S/C23H21BrN4O5/c1-5-9-33-21-19(28(30)31)10-15(11-20(21)32-6-2)13-25-27-22(14(3)4)26-18-8-7-16(24)12-17(18)23(27)29/h1,7-8,10-14H,6,9H2,2-4H3. The van der Waals surface area contributed by atoms with E-state index in [0.29, 0.717) is 22.3 Å². The molecule has 3 aromatic rings. The van der Waals surface area contributed by atoms with E-state index in [4.69, 9.17) is 15.9 Å². The normalized spacial score (nSPS) is 11.2. The van der Waals surface area contributed by atoms with Crippen molar-refractivity contribution < 1.29 is 14.4 Å². The SMILES string of the molecule is C#CCOc1c(OCC)cc(C=Nn2c(C(C)C)nc3ccc(Br)cc3c2=O)cc1[N+](=O)[O-]. The lowest BCUT2D eigenvalue weighted by molar-refractivity contribution is -0.385. The zero-order valence-electron chi connectivity index (χ0n) is 18.2. The topological polar surface area (TPSA) is 109 Å². The number of rotatable bonds is 8. The molecule has 0 unspecified atom stereocenters. The largest absolute Gasteiger partial charge is 0.490 e. The summed E-state index contributed by atoms with van der Waals surface area (Å²) in [7, 11) is 0. The summed E-state index contributed by atoms with van der Waals surface area (Å²) < 4.78 is 12.8. The van der Waals surface area contributed by atoms with Gasteiger partial charge in [-0.1, -0.05) is 35.7 Å². The van der Waals surface area contributed by atoms with Gasteiger partial charge >= 0.3 is 5.69 Å². The fraction of sp³-hybridized carbons (Fsp3) is 0.261. The van der Waals surface area contributed by atoms with E-state index < -0.39 is 4.92 Å². The van der Waals surface area contributed by atoms with Crippen LogP contribution in [0.4, 0.5) is 5.69 Å². The Balaban J connectivity index is 2.17. The smallest absolute Gasteiger partial charge is 0.315 e. The van der Waals surface area contributed by atoms with Gasteiger partial charge in [0.05, 0.1) is 28.6 Å². The average molecular weight is 513 g/mol. The number of halogens is 1. The van der Waals surface area contributed by atoms with Gasteiger partial charge < -0.3 is 9.47 Å². The molecule has 0 amide bonds. The molecule has 0 spiro atoms. The minimum atomic E-state index is -0.591. The molecule has 9 nitrogen and oxygen atoms in total. The molecule has 170 valence electrons. The fourth-order valence-electron chi connectivity index (χ4n) is 3.12. The monoisotopic (exact) mass is 512 g/mol. The van der Waals surface area contributed by atoms with Crippen molar-refractivity contribution in [2.45, 2.75) is 26.7 Å². The first-order valence-corrected chi connectivity index (χ1v) is 10.8. The fourth-order valence-corrected chi connectivity index (χ4v) is 3.48. The predicted molar refractivity (Wildman–Crippen MR) is 129 cm³/mol. The van der Waals surface area contributed by atoms with Gasteiger partial charge in [0, 0.05) is 22.0 Å². The van der Waals surface area contributed by atoms with Gasteiger partial charge in [-0.2, -0.15) is 9.78 Å². The van der Waals surface area contributed by atoms with Crippen molar-refractivity contribution in [3.8, 4) is 23.8 Å². The van der Waals surface area contributed by atoms with E-state index in [2.05, 4.69) is 31.9 Å². The summed E-state index contributed by atoms with van der Waals surface area (Å²) in [6.45, 7) is 5.64. The van der Waals surface area contributed by atoms with E-state index in [1.54, 1.807) is 19.1 Å². The molecule has 0 aliphatic heterocycles. The summed E-state index contributed by atoms with van der Waals surface area (Å²) in [6.07, 6.45) is 6.57. The molecule has 3 rings (SSSR count). The third kappa shape index (κ3) is 5.21. The van der Waals surface area contributed by atoms with Crippen LogP contribution in [0, 0.1) is 22.5 Å². The summed E-state index contributed by atoms with van der Waals surface area (Å²) in [4.78, 5) is 28.8. The lowest BCUT2D eigenvalue weighted by Gasteiger charge is -2.13. The number of benzene rings is 2. The number of nitro groups is 1. The van der Waals surface area contributed by atoms with Gasteiger partial charge in [-0.15, -0.1) is 6.42 Å². The molecule has 0 saturated heterocycles. The number of nitro benzene ring substituents is 1. The Morgan fingerprint density at radius 1 is 1.33 bits per heavy atom. The van der Waals surface area contributed by atoms with Crippen molar-refractivity contribution in [2.24, 2.45) is 5.10 Å². The maximum absolute atomic E-state index is 13.2. The molecule has 0 fully saturated rings. The summed E-state index contributed by atoms with van der Waals surface area (Å²) in [5.41, 5.74) is 0.223. The minimum absolute atomic E-state index is 0.0609. The molecule has 2 aromatic carbocycles. The van der Waals surface area contributed by atoms with Crippen LogP contribution in [0.1, 0.15) is 38.1 Å². The Morgan fingerprint density at radius 3 is 2.73 bits per heavy atom. The van der Waals surface area contributed by atoms with Gasteiger partial charge in [0.25, 0.3) is 5.56 Å². The van der Waals surface area contributed by atoms with E-state index in [1.807, 2.05) is 19.9 Å². The highest BCUT2D eigenvalue weighted by Crippen LogP contribution is 2.38. The maximum atomic E-state index is 13.2. The van der Waals surface area contributed by atoms with Crippen LogP contribution in [0.5, 0.6) is 11.5 Å². The molecule has 0 atom stereocenters. The first-order chi connectivity index (χ1) is 15.8. The van der Waals surface area contributed by atoms with Gasteiger partial charge in [-0.25, -0.2) is 4.98 Å². The zero-order valence-corrected chi connectivity index (χ0v) is 19.8. The second-order valence-corrected chi connectivity index (χ2v) is 8.11. The molecule has 33 heavy (non-hydrogen) atoms. The quantitative estimate of drug-likeness (QED) is 0.190. The van der Waals surface area contributed by atoms with Crippen molar-refractivity contribution in [3.05, 3.63) is 66.7 Å². The van der Waals surface area contributed by atoms with Gasteiger partial charge in [0.2, 0.25) is 5.75 Å². The van der Waals surface area contributed by atoms with Crippen LogP contribution in [0.15, 0.2) is 44.7 Å². The van der Waals surface area contributed by atoms with Crippen molar-refractivity contribution in [3.63, 3.8) is 0 Å². The third-order valence-electron chi connectivity index (χ3n) is 4.53. The Labute approximate surface area is 198 Å². The second kappa shape index (κ2) is 10.3. The van der Waals surface area contributed by atoms with E-state index in [1.165, 1.54) is 23.0 Å². The van der Waals surface area contributed by atoms with Crippen LogP contribution < -0.4 is 15.0 Å². The minimum Gasteiger partial charge on any atom is -0.490 e. The van der Waals surface area contributed by atoms with Crippen LogP contribution in [0.25, 0.3) is 10.9 Å². The highest BCUT2D eigenvalue weighted by atomic mass is 79.9. The Kier molecular flexibility index (Phi) is 7.45. The summed E-state index contributed by atoms with van der Waals surface area (Å²) in [5.74, 6) is 2.73. The molecule has 1 aromatic heterocycles. The van der Waals surface area contributed by atoms with Crippen molar-refractivity contribution in [2.75, 3.05) is 13.2 Å². The van der Waals surface area contributed by atoms with Gasteiger partial charge in [-0.05, 0) is 31.2 Å². The van der Waals surface area contributed by atoms with E-state index in [-0.39, 0.29) is 41.9 Å². The molecule has 0 aliphatic rings. The van der Waals surface area contributed by atoms with Gasteiger partial charge in [-0.3, -0.25) is 14.9 Å². The number of hydrogen-bond acceptors (Lipinski definition) is 7. The molecule has 0 bridgehead atoms. The van der Waals surface area contributed by atoms with Crippen molar-refractivity contribution >= 4 is 38.7 Å². The summed E-state index contributed by atoms with van der Waals surface area (Å²) in [6, 6.07) is 8.06. The van der Waals surface area contributed by atoms with E-state index in [0.717, 1.165) is 4.47 Å². The third-order valence-corrected chi connectivity index (χ3v) is 5.02. The molecule has 0 radical (unpaired) electrons. The highest BCUT2D eigenvalue weighted by Gasteiger charge is 2.22. The van der Waals surface area contributed by atoms with Gasteiger partial charge in [0.1, 0.15) is 12.4 Å². The van der Waals surface area contributed by atoms with Crippen molar-refractivity contribution in [1.29, 1.82) is 0 Å². The van der Waals surface area contributed by atoms with Crippen LogP contribution in [0.3, 0.4) is 0 Å². The van der Waals surface area contributed by atoms with Crippen LogP contribution in [0.2, 0.25) is 0 Å².